The van der Waals surface area contributed by atoms with Crippen molar-refractivity contribution < 1.29 is 17.6 Å². The van der Waals surface area contributed by atoms with Crippen molar-refractivity contribution in [1.82, 2.24) is 0 Å². The summed E-state index contributed by atoms with van der Waals surface area (Å²) in [4.78, 5) is 14.3. The van der Waals surface area contributed by atoms with Gasteiger partial charge in [-0.3, -0.25) is 9.69 Å². The van der Waals surface area contributed by atoms with Crippen LogP contribution in [0, 0.1) is 11.7 Å². The zero-order valence-electron chi connectivity index (χ0n) is 17.6. The van der Waals surface area contributed by atoms with E-state index in [9.17, 15) is 17.6 Å². The third kappa shape index (κ3) is 4.13. The first kappa shape index (κ1) is 21.7. The van der Waals surface area contributed by atoms with Gasteiger partial charge in [0.05, 0.1) is 5.69 Å². The molecule has 0 aliphatic carbocycles. The van der Waals surface area contributed by atoms with Gasteiger partial charge in [-0.25, -0.2) is 4.39 Å². The Labute approximate surface area is 186 Å². The molecule has 32 heavy (non-hydrogen) atoms. The first-order valence-corrected chi connectivity index (χ1v) is 11.6. The number of anilines is 3. The van der Waals surface area contributed by atoms with Crippen molar-refractivity contribution in [3.8, 4) is 0 Å². The van der Waals surface area contributed by atoms with Crippen molar-refractivity contribution in [2.24, 2.45) is 10.3 Å². The fourth-order valence-corrected chi connectivity index (χ4v) is 4.80. The molecule has 0 fully saturated rings. The largest absolute Gasteiger partial charge is 0.322 e. The molecule has 0 spiro atoms. The average Bonchev–Trinajstić information content (AvgIpc) is 2.79. The van der Waals surface area contributed by atoms with Gasteiger partial charge < -0.3 is 5.32 Å². The molecule has 0 unspecified atom stereocenters. The molecule has 8 heteroatoms. The van der Waals surface area contributed by atoms with E-state index in [4.69, 9.17) is 0 Å². The van der Waals surface area contributed by atoms with E-state index in [1.165, 1.54) is 24.3 Å². The lowest BCUT2D eigenvalue weighted by Crippen LogP contribution is -2.36. The van der Waals surface area contributed by atoms with Crippen LogP contribution in [0.3, 0.4) is 0 Å². The van der Waals surface area contributed by atoms with Crippen molar-refractivity contribution in [1.29, 1.82) is 0 Å². The fourth-order valence-electron chi connectivity index (χ4n) is 3.49. The minimum Gasteiger partial charge on any atom is -0.322 e. The fraction of sp³-hybridized carbons (Fsp3) is 0.167. The Morgan fingerprint density at radius 1 is 1.06 bits per heavy atom. The van der Waals surface area contributed by atoms with Crippen molar-refractivity contribution in [3.63, 3.8) is 0 Å². The zero-order valence-corrected chi connectivity index (χ0v) is 18.4. The first-order valence-electron chi connectivity index (χ1n) is 10.2. The van der Waals surface area contributed by atoms with Crippen LogP contribution in [0.4, 0.5) is 21.5 Å². The van der Waals surface area contributed by atoms with Gasteiger partial charge in [0.15, 0.2) is 0 Å². The number of sulfonamides is 1. The summed E-state index contributed by atoms with van der Waals surface area (Å²) in [6.45, 7) is 3.91. The van der Waals surface area contributed by atoms with E-state index >= 15 is 0 Å². The molecule has 6 nitrogen and oxygen atoms in total. The van der Waals surface area contributed by atoms with Gasteiger partial charge in [0.1, 0.15) is 16.5 Å². The number of carbonyl (C=O) groups excluding carboxylic acids is 1. The third-order valence-electron chi connectivity index (χ3n) is 5.33. The van der Waals surface area contributed by atoms with E-state index in [1.807, 2.05) is 49.1 Å². The van der Waals surface area contributed by atoms with Crippen LogP contribution in [-0.2, 0) is 10.0 Å². The molecule has 0 saturated carbocycles. The number of carbonyl (C=O) groups is 1. The second-order valence-corrected chi connectivity index (χ2v) is 9.12. The van der Waals surface area contributed by atoms with Gasteiger partial charge in [0.2, 0.25) is 0 Å². The predicted octanol–water partition coefficient (Wildman–Crippen LogP) is 5.36. The van der Waals surface area contributed by atoms with Gasteiger partial charge >= 0.3 is 0 Å². The number of fused-ring (bicyclic) bond motifs is 1. The summed E-state index contributed by atoms with van der Waals surface area (Å²) >= 11 is 0. The molecule has 1 heterocycles. The molecule has 1 aliphatic heterocycles. The summed E-state index contributed by atoms with van der Waals surface area (Å²) in [5.41, 5.74) is 1.66. The molecule has 1 atom stereocenters. The van der Waals surface area contributed by atoms with Gasteiger partial charge in [0, 0.05) is 22.9 Å². The van der Waals surface area contributed by atoms with E-state index in [-0.39, 0.29) is 22.1 Å². The predicted molar refractivity (Wildman–Crippen MR) is 123 cm³/mol. The van der Waals surface area contributed by atoms with Crippen LogP contribution in [-0.4, -0.2) is 20.2 Å². The van der Waals surface area contributed by atoms with Gasteiger partial charge in [-0.15, -0.1) is 4.40 Å². The Bertz CT molecular complexity index is 1310. The van der Waals surface area contributed by atoms with Crippen LogP contribution in [0.1, 0.15) is 30.6 Å². The second kappa shape index (κ2) is 8.55. The zero-order chi connectivity index (χ0) is 22.9. The van der Waals surface area contributed by atoms with Crippen LogP contribution < -0.4 is 10.2 Å². The van der Waals surface area contributed by atoms with Gasteiger partial charge in [0.25, 0.3) is 15.9 Å². The maximum absolute atomic E-state index is 13.4. The minimum absolute atomic E-state index is 0.00884. The van der Waals surface area contributed by atoms with Crippen molar-refractivity contribution in [3.05, 3.63) is 84.2 Å². The number of hydrogen-bond donors (Lipinski definition) is 1. The molecule has 4 rings (SSSR count). The summed E-state index contributed by atoms with van der Waals surface area (Å²) in [5, 5.41) is 2.64. The average molecular weight is 452 g/mol. The van der Waals surface area contributed by atoms with Crippen LogP contribution in [0.5, 0.6) is 0 Å². The highest BCUT2D eigenvalue weighted by molar-refractivity contribution is 7.90. The Kier molecular flexibility index (Phi) is 5.80. The van der Waals surface area contributed by atoms with Crippen LogP contribution in [0.15, 0.2) is 82.1 Å². The Balaban J connectivity index is 1.78. The van der Waals surface area contributed by atoms with Crippen molar-refractivity contribution in [2.45, 2.75) is 25.2 Å². The third-order valence-corrected chi connectivity index (χ3v) is 6.64. The number of amides is 1. The number of amidine groups is 1. The van der Waals surface area contributed by atoms with Crippen molar-refractivity contribution >= 4 is 38.8 Å². The molecule has 0 bridgehead atoms. The molecule has 3 aromatic carbocycles. The molecule has 0 radical (unpaired) electrons. The van der Waals surface area contributed by atoms with Crippen LogP contribution in [0.2, 0.25) is 0 Å². The Morgan fingerprint density at radius 3 is 2.50 bits per heavy atom. The standard InChI is InChI=1S/C24H22FN3O3S/c1-3-16(2)23-27-32(30,31)22-15-19(26-24(29)17-8-7-9-18(25)14-17)12-13-21(22)28(23)20-10-5-4-6-11-20/h4-16H,3H2,1-2H3,(H,26,29)/t16-/m0/s1. The summed E-state index contributed by atoms with van der Waals surface area (Å²) in [6.07, 6.45) is 0.717. The summed E-state index contributed by atoms with van der Waals surface area (Å²) in [6, 6.07) is 19.3. The Hall–Kier alpha value is -3.52. The van der Waals surface area contributed by atoms with Crippen LogP contribution >= 0.6 is 0 Å². The van der Waals surface area contributed by atoms with E-state index in [0.29, 0.717) is 11.5 Å². The lowest BCUT2D eigenvalue weighted by Gasteiger charge is -2.33. The van der Waals surface area contributed by atoms with Gasteiger partial charge in [-0.2, -0.15) is 8.42 Å². The SMILES string of the molecule is CC[C@H](C)C1=NS(=O)(=O)c2cc(NC(=O)c3cccc(F)c3)ccc2N1c1ccccc1. The van der Waals surface area contributed by atoms with Gasteiger partial charge in [-0.05, 0) is 55.0 Å². The molecule has 164 valence electrons. The molecule has 1 N–H and O–H groups in total. The number of nitrogens with zero attached hydrogens (tertiary/aromatic N) is 2. The molecule has 0 aromatic heterocycles. The number of para-hydroxylation sites is 1. The summed E-state index contributed by atoms with van der Waals surface area (Å²) in [7, 11) is -3.98. The highest BCUT2D eigenvalue weighted by Gasteiger charge is 2.34. The number of hydrogen-bond acceptors (Lipinski definition) is 4. The molecule has 0 saturated heterocycles. The lowest BCUT2D eigenvalue weighted by molar-refractivity contribution is 0.102. The highest BCUT2D eigenvalue weighted by Crippen LogP contribution is 2.40. The maximum Gasteiger partial charge on any atom is 0.286 e. The van der Waals surface area contributed by atoms with Gasteiger partial charge in [-0.1, -0.05) is 38.1 Å². The van der Waals surface area contributed by atoms with E-state index in [0.717, 1.165) is 18.2 Å². The van der Waals surface area contributed by atoms with E-state index in [2.05, 4.69) is 9.71 Å². The molecular weight excluding hydrogens is 429 g/mol. The van der Waals surface area contributed by atoms with Crippen LogP contribution in [0.25, 0.3) is 0 Å². The number of rotatable bonds is 5. The first-order chi connectivity index (χ1) is 15.3. The minimum atomic E-state index is -3.98. The number of nitrogens with one attached hydrogen (secondary N) is 1. The molecule has 3 aromatic rings. The number of benzene rings is 3. The normalized spacial score (nSPS) is 15.5. The lowest BCUT2D eigenvalue weighted by atomic mass is 10.1. The van der Waals surface area contributed by atoms with E-state index < -0.39 is 21.7 Å². The summed E-state index contributed by atoms with van der Waals surface area (Å²) < 4.78 is 43.7. The quantitative estimate of drug-likeness (QED) is 0.566. The van der Waals surface area contributed by atoms with Crippen molar-refractivity contribution in [2.75, 3.05) is 10.2 Å². The van der Waals surface area contributed by atoms with E-state index in [1.54, 1.807) is 12.1 Å². The Morgan fingerprint density at radius 2 is 1.81 bits per heavy atom. The maximum atomic E-state index is 13.4. The second-order valence-electron chi connectivity index (χ2n) is 7.55. The number of halogens is 1. The monoisotopic (exact) mass is 451 g/mol. The topological polar surface area (TPSA) is 78.8 Å². The highest BCUT2D eigenvalue weighted by atomic mass is 32.2. The molecular formula is C24H22FN3O3S. The molecule has 1 amide bonds. The summed E-state index contributed by atoms with van der Waals surface area (Å²) in [5.74, 6) is -0.717. The molecule has 1 aliphatic rings. The smallest absolute Gasteiger partial charge is 0.286 e.